The number of aromatic nitrogens is 1. The fourth-order valence-electron chi connectivity index (χ4n) is 1.76. The smallest absolute Gasteiger partial charge is 0.306 e. The van der Waals surface area contributed by atoms with E-state index >= 15 is 0 Å². The number of thiophene rings is 1. The second kappa shape index (κ2) is 7.82. The van der Waals surface area contributed by atoms with E-state index in [9.17, 15) is 9.59 Å². The largest absolute Gasteiger partial charge is 0.458 e. The van der Waals surface area contributed by atoms with Crippen LogP contribution in [0.2, 0.25) is 0 Å². The van der Waals surface area contributed by atoms with E-state index in [1.165, 1.54) is 11.3 Å². The van der Waals surface area contributed by atoms with Crippen molar-refractivity contribution in [2.45, 2.75) is 25.7 Å². The predicted octanol–water partition coefficient (Wildman–Crippen LogP) is 2.87. The highest BCUT2D eigenvalue weighted by Gasteiger charge is 2.24. The van der Waals surface area contributed by atoms with E-state index in [1.54, 1.807) is 23.6 Å². The number of rotatable bonds is 7. The number of aryl methyl sites for hydroxylation is 2. The second-order valence-corrected chi connectivity index (χ2v) is 6.32. The Morgan fingerprint density at radius 3 is 2.86 bits per heavy atom. The topological polar surface area (TPSA) is 80.0 Å². The summed E-state index contributed by atoms with van der Waals surface area (Å²) >= 11 is 2.83. The molecule has 0 amide bonds. The van der Waals surface area contributed by atoms with E-state index in [-0.39, 0.29) is 13.0 Å². The average Bonchev–Trinajstić information content (AvgIpc) is 3.15. The van der Waals surface area contributed by atoms with Crippen LogP contribution in [0.15, 0.2) is 22.2 Å². The number of carbonyl (C=O) groups is 2. The van der Waals surface area contributed by atoms with E-state index in [4.69, 9.17) is 10.00 Å². The summed E-state index contributed by atoms with van der Waals surface area (Å²) in [6.45, 7) is 1.41. The number of ether oxygens (including phenoxy) is 1. The van der Waals surface area contributed by atoms with Gasteiger partial charge in [0.05, 0.1) is 6.07 Å². The number of thiazole rings is 1. The van der Waals surface area contributed by atoms with E-state index in [2.05, 4.69) is 4.98 Å². The maximum atomic E-state index is 12.0. The highest BCUT2D eigenvalue weighted by molar-refractivity contribution is 7.10. The van der Waals surface area contributed by atoms with Crippen molar-refractivity contribution in [1.29, 1.82) is 5.26 Å². The fraction of sp³-hybridized carbons (Fsp3) is 0.333. The first-order valence-corrected chi connectivity index (χ1v) is 8.43. The second-order valence-electron chi connectivity index (χ2n) is 4.65. The van der Waals surface area contributed by atoms with Crippen LogP contribution in [0, 0.1) is 18.3 Å². The van der Waals surface area contributed by atoms with Crippen LogP contribution in [0.1, 0.15) is 28.6 Å². The van der Waals surface area contributed by atoms with E-state index in [1.807, 2.05) is 22.9 Å². The summed E-state index contributed by atoms with van der Waals surface area (Å²) in [6, 6.07) is 3.86. The zero-order valence-corrected chi connectivity index (χ0v) is 13.6. The van der Waals surface area contributed by atoms with Crippen LogP contribution >= 0.6 is 22.7 Å². The van der Waals surface area contributed by atoms with Crippen molar-refractivity contribution in [2.24, 2.45) is 0 Å². The lowest BCUT2D eigenvalue weighted by molar-refractivity contribution is -0.148. The molecule has 2 aromatic rings. The van der Waals surface area contributed by atoms with Crippen molar-refractivity contribution in [3.05, 3.63) is 38.5 Å². The molecule has 0 unspecified atom stereocenters. The van der Waals surface area contributed by atoms with Gasteiger partial charge in [-0.1, -0.05) is 0 Å². The Morgan fingerprint density at radius 2 is 2.27 bits per heavy atom. The quantitative estimate of drug-likeness (QED) is 0.727. The zero-order valence-electron chi connectivity index (χ0n) is 11.9. The maximum Gasteiger partial charge on any atom is 0.306 e. The number of esters is 1. The Hall–Kier alpha value is -2.04. The van der Waals surface area contributed by atoms with Crippen LogP contribution in [-0.2, 0) is 20.7 Å². The van der Waals surface area contributed by atoms with Gasteiger partial charge in [-0.05, 0) is 35.7 Å². The van der Waals surface area contributed by atoms with Gasteiger partial charge in [-0.3, -0.25) is 9.59 Å². The number of nitriles is 1. The monoisotopic (exact) mass is 334 g/mol. The van der Waals surface area contributed by atoms with Crippen LogP contribution < -0.4 is 0 Å². The molecule has 7 heteroatoms. The van der Waals surface area contributed by atoms with Crippen molar-refractivity contribution in [1.82, 2.24) is 4.98 Å². The third-order valence-corrected chi connectivity index (χ3v) is 4.67. The first-order chi connectivity index (χ1) is 10.6. The summed E-state index contributed by atoms with van der Waals surface area (Å²) in [5.41, 5.74) is 1.84. The van der Waals surface area contributed by atoms with E-state index in [0.29, 0.717) is 11.4 Å². The molecule has 0 fully saturated rings. The summed E-state index contributed by atoms with van der Waals surface area (Å²) in [6.07, 6.45) is 0.807. The van der Waals surface area contributed by atoms with Gasteiger partial charge in [-0.25, -0.2) is 4.98 Å². The van der Waals surface area contributed by atoms with Crippen LogP contribution in [-0.4, -0.2) is 23.3 Å². The number of hydrogen-bond donors (Lipinski definition) is 0. The molecule has 0 saturated carbocycles. The summed E-state index contributed by atoms with van der Waals surface area (Å²) in [5, 5.41) is 15.2. The highest BCUT2D eigenvalue weighted by Crippen LogP contribution is 2.20. The summed E-state index contributed by atoms with van der Waals surface area (Å²) in [4.78, 5) is 27.8. The van der Waals surface area contributed by atoms with Gasteiger partial charge >= 0.3 is 5.97 Å². The molecule has 22 heavy (non-hydrogen) atoms. The van der Waals surface area contributed by atoms with E-state index in [0.717, 1.165) is 11.3 Å². The van der Waals surface area contributed by atoms with Gasteiger partial charge in [-0.2, -0.15) is 16.6 Å². The van der Waals surface area contributed by atoms with Gasteiger partial charge in [0.1, 0.15) is 5.01 Å². The Morgan fingerprint density at radius 1 is 1.45 bits per heavy atom. The van der Waals surface area contributed by atoms with Gasteiger partial charge in [0.25, 0.3) is 0 Å². The summed E-state index contributed by atoms with van der Waals surface area (Å²) in [7, 11) is 0. The summed E-state index contributed by atoms with van der Waals surface area (Å²) in [5.74, 6) is -1.85. The normalized spacial score (nSPS) is 11.6. The van der Waals surface area contributed by atoms with Gasteiger partial charge in [-0.15, -0.1) is 11.3 Å². The summed E-state index contributed by atoms with van der Waals surface area (Å²) < 4.78 is 4.95. The Kier molecular flexibility index (Phi) is 5.81. The molecule has 2 heterocycles. The van der Waals surface area contributed by atoms with Gasteiger partial charge < -0.3 is 4.74 Å². The molecule has 0 radical (unpaired) electrons. The standard InChI is InChI=1S/C15H14N2O3S2/c1-10-8-22-15(17-10)12(6-16)13(18)7-20-14(19)3-2-11-4-5-21-9-11/h4-5,8-9,12H,2-3,7H2,1H3/t12-/m1/s1. The minimum absolute atomic E-state index is 0.220. The molecule has 0 aromatic carbocycles. The van der Waals surface area contributed by atoms with Crippen molar-refractivity contribution in [2.75, 3.05) is 6.61 Å². The lowest BCUT2D eigenvalue weighted by Gasteiger charge is -2.06. The molecular formula is C15H14N2O3S2. The molecule has 1 atom stereocenters. The van der Waals surface area contributed by atoms with Gasteiger partial charge in [0.15, 0.2) is 18.3 Å². The lowest BCUT2D eigenvalue weighted by Crippen LogP contribution is -2.20. The van der Waals surface area contributed by atoms with Crippen molar-refractivity contribution in [3.8, 4) is 6.07 Å². The maximum absolute atomic E-state index is 12.0. The molecule has 0 aliphatic rings. The zero-order chi connectivity index (χ0) is 15.9. The minimum atomic E-state index is -0.969. The Balaban J connectivity index is 1.81. The molecule has 0 bridgehead atoms. The Bertz CT molecular complexity index is 686. The van der Waals surface area contributed by atoms with E-state index < -0.39 is 17.7 Å². The van der Waals surface area contributed by atoms with Crippen molar-refractivity contribution < 1.29 is 14.3 Å². The number of nitrogens with zero attached hydrogens (tertiary/aromatic N) is 2. The van der Waals surface area contributed by atoms with Crippen LogP contribution in [0.3, 0.4) is 0 Å². The van der Waals surface area contributed by atoms with Crippen LogP contribution in [0.4, 0.5) is 0 Å². The third kappa shape index (κ3) is 4.48. The predicted molar refractivity (Wildman–Crippen MR) is 83.8 cm³/mol. The third-order valence-electron chi connectivity index (χ3n) is 2.91. The van der Waals surface area contributed by atoms with Crippen molar-refractivity contribution >= 4 is 34.4 Å². The SMILES string of the molecule is Cc1csc([C@H](C#N)C(=O)COC(=O)CCc2ccsc2)n1. The molecule has 114 valence electrons. The molecule has 5 nitrogen and oxygen atoms in total. The minimum Gasteiger partial charge on any atom is -0.458 e. The molecule has 0 aliphatic heterocycles. The number of Topliss-reactive ketones (excluding diaryl/α,β-unsaturated/α-hetero) is 1. The average molecular weight is 334 g/mol. The van der Waals surface area contributed by atoms with Crippen LogP contribution in [0.5, 0.6) is 0 Å². The number of hydrogen-bond acceptors (Lipinski definition) is 7. The fourth-order valence-corrected chi connectivity index (χ4v) is 3.32. The van der Waals surface area contributed by atoms with Gasteiger partial charge in [0, 0.05) is 17.5 Å². The molecule has 2 rings (SSSR count). The Labute approximate surface area is 136 Å². The van der Waals surface area contributed by atoms with Crippen LogP contribution in [0.25, 0.3) is 0 Å². The molecule has 0 saturated heterocycles. The molecule has 2 aromatic heterocycles. The van der Waals surface area contributed by atoms with Gasteiger partial charge in [0.2, 0.25) is 0 Å². The van der Waals surface area contributed by atoms with Crippen molar-refractivity contribution in [3.63, 3.8) is 0 Å². The number of carbonyl (C=O) groups excluding carboxylic acids is 2. The molecule has 0 N–H and O–H groups in total. The highest BCUT2D eigenvalue weighted by atomic mass is 32.1. The molecule has 0 spiro atoms. The first-order valence-electron chi connectivity index (χ1n) is 6.61. The lowest BCUT2D eigenvalue weighted by atomic mass is 10.1. The number of ketones is 1. The molecule has 0 aliphatic carbocycles. The first kappa shape index (κ1) is 16.3. The molecular weight excluding hydrogens is 320 g/mol.